The van der Waals surface area contributed by atoms with Gasteiger partial charge in [0, 0.05) is 56.7 Å². The second-order valence-corrected chi connectivity index (χ2v) is 6.98. The summed E-state index contributed by atoms with van der Waals surface area (Å²) in [7, 11) is 2.07. The molecule has 3 rings (SSSR count). The summed E-state index contributed by atoms with van der Waals surface area (Å²) in [5, 5.41) is 10.6. The highest BCUT2D eigenvalue weighted by atomic mass is 19.4. The van der Waals surface area contributed by atoms with E-state index in [0.717, 1.165) is 32.2 Å². The van der Waals surface area contributed by atoms with Crippen molar-refractivity contribution >= 4 is 11.4 Å². The molecule has 0 bridgehead atoms. The maximum Gasteiger partial charge on any atom is 0.418 e. The average Bonchev–Trinajstić information content (AvgIpc) is 2.55. The van der Waals surface area contributed by atoms with E-state index < -0.39 is 17.8 Å². The minimum Gasteiger partial charge on any atom is -0.399 e. The molecule has 8 heteroatoms. The van der Waals surface area contributed by atoms with Gasteiger partial charge < -0.3 is 20.6 Å². The molecule has 2 heterocycles. The maximum atomic E-state index is 13.3. The molecule has 0 spiro atoms. The van der Waals surface area contributed by atoms with E-state index in [1.165, 1.54) is 12.1 Å². The van der Waals surface area contributed by atoms with Gasteiger partial charge in [-0.2, -0.15) is 13.2 Å². The standard InChI is InChI=1S/C17H25F3N4O/c1-22-6-8-23(9-7-22)15-4-5-24(11-16(15)25)14-3-2-12(21)10-13(14)17(18,19)20/h2-3,10,15-16,25H,4-9,11,21H2,1H3. The van der Waals surface area contributed by atoms with Gasteiger partial charge in [-0.15, -0.1) is 0 Å². The van der Waals surface area contributed by atoms with Crippen LogP contribution in [0.4, 0.5) is 24.5 Å². The lowest BCUT2D eigenvalue weighted by Crippen LogP contribution is -2.58. The maximum absolute atomic E-state index is 13.3. The van der Waals surface area contributed by atoms with Gasteiger partial charge in [0.1, 0.15) is 0 Å². The van der Waals surface area contributed by atoms with Crippen molar-refractivity contribution in [3.8, 4) is 0 Å². The highest BCUT2D eigenvalue weighted by Crippen LogP contribution is 2.39. The van der Waals surface area contributed by atoms with Crippen molar-refractivity contribution in [1.29, 1.82) is 0 Å². The first-order valence-electron chi connectivity index (χ1n) is 8.58. The first kappa shape index (κ1) is 18.3. The van der Waals surface area contributed by atoms with Crippen LogP contribution < -0.4 is 10.6 Å². The molecule has 25 heavy (non-hydrogen) atoms. The molecule has 3 N–H and O–H groups in total. The van der Waals surface area contributed by atoms with Gasteiger partial charge in [-0.1, -0.05) is 0 Å². The number of hydrogen-bond acceptors (Lipinski definition) is 5. The molecule has 2 aliphatic heterocycles. The number of β-amino-alcohol motifs (C(OH)–C–C–N with tert-alkyl or cyclic N) is 1. The number of halogens is 3. The summed E-state index contributed by atoms with van der Waals surface area (Å²) in [4.78, 5) is 6.12. The number of likely N-dealkylation sites (N-methyl/N-ethyl adjacent to an activating group) is 1. The molecule has 0 aromatic heterocycles. The summed E-state index contributed by atoms with van der Waals surface area (Å²) in [5.74, 6) is 0. The van der Waals surface area contributed by atoms with Crippen LogP contribution in [0.15, 0.2) is 18.2 Å². The molecule has 0 amide bonds. The molecule has 0 aliphatic carbocycles. The normalized spacial score (nSPS) is 26.8. The molecule has 2 fully saturated rings. The van der Waals surface area contributed by atoms with Crippen LogP contribution in [0.1, 0.15) is 12.0 Å². The minimum atomic E-state index is -4.47. The number of piperidine rings is 1. The third-order valence-corrected chi connectivity index (χ3v) is 5.22. The second-order valence-electron chi connectivity index (χ2n) is 6.98. The van der Waals surface area contributed by atoms with Crippen LogP contribution in [-0.2, 0) is 6.18 Å². The smallest absolute Gasteiger partial charge is 0.399 e. The molecule has 5 nitrogen and oxygen atoms in total. The van der Waals surface area contributed by atoms with E-state index in [2.05, 4.69) is 16.8 Å². The number of nitrogen functional groups attached to an aromatic ring is 1. The van der Waals surface area contributed by atoms with Crippen LogP contribution in [0.5, 0.6) is 0 Å². The molecule has 0 radical (unpaired) electrons. The Kier molecular flexibility index (Phi) is 5.13. The van der Waals surface area contributed by atoms with E-state index in [0.29, 0.717) is 13.0 Å². The zero-order valence-electron chi connectivity index (χ0n) is 14.3. The number of aliphatic hydroxyl groups excluding tert-OH is 1. The lowest BCUT2D eigenvalue weighted by atomic mass is 9.97. The lowest BCUT2D eigenvalue weighted by Gasteiger charge is -2.45. The Bertz CT molecular complexity index is 602. The van der Waals surface area contributed by atoms with Crippen LogP contribution in [0, 0.1) is 0 Å². The van der Waals surface area contributed by atoms with Crippen molar-refractivity contribution in [1.82, 2.24) is 9.80 Å². The number of rotatable bonds is 2. The van der Waals surface area contributed by atoms with Crippen LogP contribution in [0.25, 0.3) is 0 Å². The monoisotopic (exact) mass is 358 g/mol. The largest absolute Gasteiger partial charge is 0.418 e. The van der Waals surface area contributed by atoms with E-state index >= 15 is 0 Å². The van der Waals surface area contributed by atoms with Crippen LogP contribution in [-0.4, -0.2) is 73.4 Å². The van der Waals surface area contributed by atoms with Gasteiger partial charge in [-0.25, -0.2) is 0 Å². The van der Waals surface area contributed by atoms with Crippen LogP contribution in [0.3, 0.4) is 0 Å². The molecular formula is C17H25F3N4O. The number of piperazine rings is 1. The van der Waals surface area contributed by atoms with Gasteiger partial charge in [0.15, 0.2) is 0 Å². The molecule has 1 aromatic rings. The van der Waals surface area contributed by atoms with Crippen LogP contribution >= 0.6 is 0 Å². The first-order chi connectivity index (χ1) is 11.8. The number of nitrogens with two attached hydrogens (primary N) is 1. The Morgan fingerprint density at radius 2 is 1.80 bits per heavy atom. The summed E-state index contributed by atoms with van der Waals surface area (Å²) in [6.07, 6.45) is -4.49. The summed E-state index contributed by atoms with van der Waals surface area (Å²) >= 11 is 0. The number of benzene rings is 1. The predicted octanol–water partition coefficient (Wildman–Crippen LogP) is 1.47. The van der Waals surface area contributed by atoms with E-state index in [1.807, 2.05) is 0 Å². The van der Waals surface area contributed by atoms with Crippen LogP contribution in [0.2, 0.25) is 0 Å². The number of anilines is 2. The van der Waals surface area contributed by atoms with Crippen molar-refractivity contribution in [3.05, 3.63) is 23.8 Å². The van der Waals surface area contributed by atoms with Gasteiger partial charge in [0.25, 0.3) is 0 Å². The summed E-state index contributed by atoms with van der Waals surface area (Å²) in [6, 6.07) is 3.85. The van der Waals surface area contributed by atoms with Gasteiger partial charge in [0.2, 0.25) is 0 Å². The molecule has 0 saturated carbocycles. The Morgan fingerprint density at radius 3 is 2.40 bits per heavy atom. The Labute approximate surface area is 145 Å². The van der Waals surface area contributed by atoms with E-state index in [1.54, 1.807) is 4.90 Å². The van der Waals surface area contributed by atoms with Crippen molar-refractivity contribution in [3.63, 3.8) is 0 Å². The third-order valence-electron chi connectivity index (χ3n) is 5.22. The minimum absolute atomic E-state index is 0.00747. The highest BCUT2D eigenvalue weighted by molar-refractivity contribution is 5.61. The quantitative estimate of drug-likeness (QED) is 0.785. The highest BCUT2D eigenvalue weighted by Gasteiger charge is 2.38. The Hall–Kier alpha value is -1.51. The van der Waals surface area contributed by atoms with Gasteiger partial charge >= 0.3 is 6.18 Å². The Morgan fingerprint density at radius 1 is 1.12 bits per heavy atom. The zero-order valence-corrected chi connectivity index (χ0v) is 14.3. The molecular weight excluding hydrogens is 333 g/mol. The fourth-order valence-electron chi connectivity index (χ4n) is 3.77. The third kappa shape index (κ3) is 4.02. The second kappa shape index (κ2) is 7.01. The van der Waals surface area contributed by atoms with Gasteiger partial charge in [-0.3, -0.25) is 4.90 Å². The number of aliphatic hydroxyl groups is 1. The van der Waals surface area contributed by atoms with E-state index in [4.69, 9.17) is 5.73 Å². The molecule has 1 aromatic carbocycles. The van der Waals surface area contributed by atoms with E-state index in [9.17, 15) is 18.3 Å². The number of nitrogens with zero attached hydrogens (tertiary/aromatic N) is 3. The van der Waals surface area contributed by atoms with Crippen molar-refractivity contribution in [2.24, 2.45) is 0 Å². The summed E-state index contributed by atoms with van der Waals surface area (Å²) in [5.41, 5.74) is 4.98. The summed E-state index contributed by atoms with van der Waals surface area (Å²) in [6.45, 7) is 4.35. The molecule has 2 unspecified atom stereocenters. The molecule has 2 aliphatic rings. The SMILES string of the molecule is CN1CCN(C2CCN(c3ccc(N)cc3C(F)(F)F)CC2O)CC1. The fraction of sp³-hybridized carbons (Fsp3) is 0.647. The van der Waals surface area contributed by atoms with Gasteiger partial charge in [-0.05, 0) is 31.7 Å². The van der Waals surface area contributed by atoms with Crippen molar-refractivity contribution < 1.29 is 18.3 Å². The molecule has 140 valence electrons. The zero-order chi connectivity index (χ0) is 18.2. The van der Waals surface area contributed by atoms with Crippen molar-refractivity contribution in [2.75, 3.05) is 56.9 Å². The first-order valence-corrected chi connectivity index (χ1v) is 8.58. The lowest BCUT2D eigenvalue weighted by molar-refractivity contribution is -0.137. The topological polar surface area (TPSA) is 56.0 Å². The number of alkyl halides is 3. The Balaban J connectivity index is 1.73. The van der Waals surface area contributed by atoms with Crippen molar-refractivity contribution in [2.45, 2.75) is 24.7 Å². The van der Waals surface area contributed by atoms with Gasteiger partial charge in [0.05, 0.1) is 11.7 Å². The average molecular weight is 358 g/mol. The predicted molar refractivity (Wildman–Crippen MR) is 91.6 cm³/mol. The number of hydrogen-bond donors (Lipinski definition) is 2. The molecule has 2 atom stereocenters. The van der Waals surface area contributed by atoms with E-state index in [-0.39, 0.29) is 24.0 Å². The summed E-state index contributed by atoms with van der Waals surface area (Å²) < 4.78 is 40.0. The molecule has 2 saturated heterocycles. The fourth-order valence-corrected chi connectivity index (χ4v) is 3.77.